The van der Waals surface area contributed by atoms with Gasteiger partial charge in [0.15, 0.2) is 0 Å². The van der Waals surface area contributed by atoms with Crippen LogP contribution in [-0.4, -0.2) is 35.7 Å². The number of rotatable bonds is 10. The van der Waals surface area contributed by atoms with E-state index in [4.69, 9.17) is 9.47 Å². The van der Waals surface area contributed by atoms with Gasteiger partial charge in [-0.25, -0.2) is 9.59 Å². The Hall–Kier alpha value is -3.28. The van der Waals surface area contributed by atoms with Crippen molar-refractivity contribution in [3.63, 3.8) is 0 Å². The van der Waals surface area contributed by atoms with Crippen LogP contribution in [0, 0.1) is 53.4 Å². The summed E-state index contributed by atoms with van der Waals surface area (Å²) in [6.45, 7) is 18.7. The number of esters is 2. The lowest BCUT2D eigenvalue weighted by Crippen LogP contribution is -2.38. The minimum atomic E-state index is -0.956. The lowest BCUT2D eigenvalue weighted by atomic mass is 9.91. The highest BCUT2D eigenvalue weighted by Gasteiger charge is 2.33. The van der Waals surface area contributed by atoms with Crippen molar-refractivity contribution in [1.29, 1.82) is 0 Å². The Labute approximate surface area is 220 Å². The number of hydrogen-bond acceptors (Lipinski definition) is 6. The molecule has 200 valence electrons. The van der Waals surface area contributed by atoms with E-state index < -0.39 is 41.6 Å². The number of benzene rings is 2. The number of Topliss-reactive ketones (excluding diaryl/α,β-unsaturated/α-hetero) is 2. The van der Waals surface area contributed by atoms with Gasteiger partial charge in [-0.3, -0.25) is 9.59 Å². The van der Waals surface area contributed by atoms with E-state index in [1.54, 1.807) is 39.0 Å². The Balaban J connectivity index is 2.18. The molecule has 0 aromatic heterocycles. The Morgan fingerprint density at radius 1 is 0.622 bits per heavy atom. The maximum Gasteiger partial charge on any atom is 0.379 e. The molecule has 0 amide bonds. The molecule has 0 aliphatic rings. The fraction of sp³-hybridized carbons (Fsp3) is 0.484. The summed E-state index contributed by atoms with van der Waals surface area (Å²) >= 11 is 0. The van der Waals surface area contributed by atoms with Crippen LogP contribution in [0.1, 0.15) is 88.2 Å². The molecule has 37 heavy (non-hydrogen) atoms. The van der Waals surface area contributed by atoms with Crippen LogP contribution in [0.25, 0.3) is 0 Å². The van der Waals surface area contributed by atoms with E-state index in [9.17, 15) is 19.2 Å². The molecule has 3 atom stereocenters. The van der Waals surface area contributed by atoms with E-state index in [1.165, 1.54) is 0 Å². The molecule has 0 fully saturated rings. The predicted molar refractivity (Wildman–Crippen MR) is 144 cm³/mol. The van der Waals surface area contributed by atoms with Gasteiger partial charge in [0.05, 0.1) is 0 Å². The summed E-state index contributed by atoms with van der Waals surface area (Å²) in [6.07, 6.45) is -0.930. The third-order valence-corrected chi connectivity index (χ3v) is 7.56. The van der Waals surface area contributed by atoms with E-state index in [2.05, 4.69) is 0 Å². The molecular formula is C31H40O6. The Morgan fingerprint density at radius 3 is 1.43 bits per heavy atom. The lowest BCUT2D eigenvalue weighted by molar-refractivity contribution is -0.155. The molecule has 0 saturated heterocycles. The van der Waals surface area contributed by atoms with E-state index in [0.29, 0.717) is 17.5 Å². The third kappa shape index (κ3) is 6.94. The zero-order chi connectivity index (χ0) is 28.2. The minimum absolute atomic E-state index is 0.154. The molecule has 6 heteroatoms. The van der Waals surface area contributed by atoms with E-state index in [1.807, 2.05) is 54.5 Å². The van der Waals surface area contributed by atoms with Crippen LogP contribution in [0.3, 0.4) is 0 Å². The zero-order valence-electron chi connectivity index (χ0n) is 23.8. The predicted octanol–water partition coefficient (Wildman–Crippen LogP) is 6.13. The molecule has 2 aromatic carbocycles. The van der Waals surface area contributed by atoms with Crippen molar-refractivity contribution in [3.8, 4) is 0 Å². The molecule has 0 bridgehead atoms. The van der Waals surface area contributed by atoms with Gasteiger partial charge in [0, 0.05) is 17.0 Å². The molecular weight excluding hydrogens is 468 g/mol. The number of ketones is 2. The number of aryl methyl sites for hydroxylation is 2. The molecule has 3 unspecified atom stereocenters. The summed E-state index contributed by atoms with van der Waals surface area (Å²) in [6, 6.07) is 6.90. The number of hydrogen-bond donors (Lipinski definition) is 0. The molecule has 0 spiro atoms. The van der Waals surface area contributed by atoms with Crippen LogP contribution < -0.4 is 0 Å². The zero-order valence-corrected chi connectivity index (χ0v) is 23.8. The summed E-state index contributed by atoms with van der Waals surface area (Å²) in [5.74, 6) is -3.60. The monoisotopic (exact) mass is 508 g/mol. The molecule has 2 rings (SSSR count). The van der Waals surface area contributed by atoms with Crippen molar-refractivity contribution in [2.45, 2.75) is 87.9 Å². The van der Waals surface area contributed by atoms with E-state index in [0.717, 1.165) is 33.4 Å². The smallest absolute Gasteiger partial charge is 0.379 e. The molecule has 0 N–H and O–H groups in total. The van der Waals surface area contributed by atoms with Crippen molar-refractivity contribution in [2.24, 2.45) is 11.8 Å². The normalized spacial score (nSPS) is 13.6. The average Bonchev–Trinajstić information content (AvgIpc) is 2.84. The van der Waals surface area contributed by atoms with Crippen LogP contribution in [0.2, 0.25) is 0 Å². The van der Waals surface area contributed by atoms with Crippen LogP contribution in [0.5, 0.6) is 0 Å². The van der Waals surface area contributed by atoms with Gasteiger partial charge < -0.3 is 9.47 Å². The van der Waals surface area contributed by atoms with Gasteiger partial charge in [-0.2, -0.15) is 0 Å². The van der Waals surface area contributed by atoms with Gasteiger partial charge >= 0.3 is 11.9 Å². The fourth-order valence-corrected chi connectivity index (χ4v) is 4.28. The second-order valence-corrected chi connectivity index (χ2v) is 10.6. The van der Waals surface area contributed by atoms with Gasteiger partial charge in [-0.05, 0) is 94.2 Å². The first kappa shape index (κ1) is 29.9. The summed E-state index contributed by atoms with van der Waals surface area (Å²) in [5, 5.41) is 0. The lowest BCUT2D eigenvalue weighted by Gasteiger charge is -2.29. The second kappa shape index (κ2) is 12.3. The van der Waals surface area contributed by atoms with Crippen molar-refractivity contribution >= 4 is 23.5 Å². The maximum absolute atomic E-state index is 12.9. The second-order valence-electron chi connectivity index (χ2n) is 10.6. The standard InChI is InChI=1S/C31H40O6/c1-16(2)15-27(37-31(35)29(33)26-14-12-18(4)20(6)22(26)8)23(9)24(10)36-30(34)28(32)25-13-11-17(3)19(5)21(25)7/h11-14,16,23-24,27H,15H2,1-10H3. The maximum atomic E-state index is 12.9. The SMILES string of the molecule is Cc1ccc(C(=O)C(=O)OC(C)C(C)C(CC(C)C)OC(=O)C(=O)c2ccc(C)c(C)c2C)c(C)c1C. The number of ether oxygens (including phenoxy) is 2. The van der Waals surface area contributed by atoms with Crippen molar-refractivity contribution < 1.29 is 28.7 Å². The highest BCUT2D eigenvalue weighted by Crippen LogP contribution is 2.25. The Bertz CT molecular complexity index is 1210. The van der Waals surface area contributed by atoms with Crippen molar-refractivity contribution in [2.75, 3.05) is 0 Å². The summed E-state index contributed by atoms with van der Waals surface area (Å²) in [5.41, 5.74) is 6.10. The summed E-state index contributed by atoms with van der Waals surface area (Å²) in [4.78, 5) is 51.4. The van der Waals surface area contributed by atoms with Crippen LogP contribution in [-0.2, 0) is 19.1 Å². The first-order valence-electron chi connectivity index (χ1n) is 12.8. The number of carbonyl (C=O) groups is 4. The van der Waals surface area contributed by atoms with Gasteiger partial charge in [0.25, 0.3) is 11.6 Å². The average molecular weight is 509 g/mol. The van der Waals surface area contributed by atoms with Crippen LogP contribution in [0.4, 0.5) is 0 Å². The first-order chi connectivity index (χ1) is 17.2. The largest absolute Gasteiger partial charge is 0.456 e. The number of carbonyl (C=O) groups excluding carboxylic acids is 4. The van der Waals surface area contributed by atoms with Crippen molar-refractivity contribution in [3.05, 3.63) is 68.8 Å². The quantitative estimate of drug-likeness (QED) is 0.218. The molecule has 2 aromatic rings. The molecule has 0 radical (unpaired) electrons. The van der Waals surface area contributed by atoms with Gasteiger partial charge in [-0.1, -0.05) is 45.0 Å². The Kier molecular flexibility index (Phi) is 9.96. The molecule has 0 aliphatic heterocycles. The summed E-state index contributed by atoms with van der Waals surface area (Å²) in [7, 11) is 0. The van der Waals surface area contributed by atoms with E-state index >= 15 is 0 Å². The highest BCUT2D eigenvalue weighted by atomic mass is 16.6. The van der Waals surface area contributed by atoms with Crippen LogP contribution >= 0.6 is 0 Å². The van der Waals surface area contributed by atoms with Gasteiger partial charge in [0.2, 0.25) is 0 Å². The van der Waals surface area contributed by atoms with Gasteiger partial charge in [-0.15, -0.1) is 0 Å². The van der Waals surface area contributed by atoms with Gasteiger partial charge in [0.1, 0.15) is 12.2 Å². The molecule has 6 nitrogen and oxygen atoms in total. The fourth-order valence-electron chi connectivity index (χ4n) is 4.28. The molecule has 0 saturated carbocycles. The third-order valence-electron chi connectivity index (χ3n) is 7.56. The topological polar surface area (TPSA) is 86.7 Å². The first-order valence-corrected chi connectivity index (χ1v) is 12.8. The Morgan fingerprint density at radius 2 is 1.03 bits per heavy atom. The molecule has 0 heterocycles. The van der Waals surface area contributed by atoms with Crippen molar-refractivity contribution in [1.82, 2.24) is 0 Å². The molecule has 0 aliphatic carbocycles. The summed E-state index contributed by atoms with van der Waals surface area (Å²) < 4.78 is 11.2. The highest BCUT2D eigenvalue weighted by molar-refractivity contribution is 6.41. The van der Waals surface area contributed by atoms with E-state index in [-0.39, 0.29) is 5.92 Å². The van der Waals surface area contributed by atoms with Crippen LogP contribution in [0.15, 0.2) is 24.3 Å². The minimum Gasteiger partial charge on any atom is -0.456 e.